The van der Waals surface area contributed by atoms with Gasteiger partial charge >= 0.3 is 0 Å². The molecule has 3 N–H and O–H groups in total. The highest BCUT2D eigenvalue weighted by Gasteiger charge is 2.26. The van der Waals surface area contributed by atoms with Crippen molar-refractivity contribution in [2.24, 2.45) is 0 Å². The zero-order valence-corrected chi connectivity index (χ0v) is 19.0. The van der Waals surface area contributed by atoms with E-state index in [2.05, 4.69) is 15.3 Å². The lowest BCUT2D eigenvalue weighted by Crippen LogP contribution is -2.31. The van der Waals surface area contributed by atoms with Gasteiger partial charge in [0.25, 0.3) is 11.8 Å². The minimum absolute atomic E-state index is 0.0605. The SMILES string of the molecule is CC(F)(F)c1ccc(-c2ccc3c(c2)C(=O)Nc2cccc(n2)C(=N)N(C=N)CCCCO3)cn1. The predicted molar refractivity (Wildman–Crippen MR) is 128 cm³/mol. The van der Waals surface area contributed by atoms with Crippen molar-refractivity contribution in [1.82, 2.24) is 14.9 Å². The fourth-order valence-electron chi connectivity index (χ4n) is 3.61. The number of amides is 1. The van der Waals surface area contributed by atoms with E-state index in [9.17, 15) is 13.6 Å². The number of hydrogen-bond acceptors (Lipinski definition) is 6. The molecule has 0 unspecified atom stereocenters. The Bertz CT molecular complexity index is 1260. The van der Waals surface area contributed by atoms with E-state index in [1.165, 1.54) is 23.2 Å². The van der Waals surface area contributed by atoms with Gasteiger partial charge in [0.15, 0.2) is 5.84 Å². The topological polar surface area (TPSA) is 115 Å². The summed E-state index contributed by atoms with van der Waals surface area (Å²) in [7, 11) is 0. The second-order valence-corrected chi connectivity index (χ2v) is 8.12. The van der Waals surface area contributed by atoms with Crippen molar-refractivity contribution in [2.45, 2.75) is 25.7 Å². The molecule has 180 valence electrons. The van der Waals surface area contributed by atoms with Crippen molar-refractivity contribution in [3.63, 3.8) is 0 Å². The van der Waals surface area contributed by atoms with Crippen LogP contribution in [0.1, 0.15) is 41.5 Å². The predicted octanol–water partition coefficient (Wildman–Crippen LogP) is 4.91. The number of carbonyl (C=O) groups is 1. The van der Waals surface area contributed by atoms with Gasteiger partial charge in [0.1, 0.15) is 23.0 Å². The number of pyridine rings is 2. The van der Waals surface area contributed by atoms with Crippen LogP contribution in [0.5, 0.6) is 5.75 Å². The van der Waals surface area contributed by atoms with E-state index in [4.69, 9.17) is 15.6 Å². The standard InChI is InChI=1S/C25H24F2N6O2/c1-25(26,27)21-10-8-17(14-30-21)16-7-9-20-18(13-16)24(34)32-22-6-4-5-19(31-22)23(29)33(15-28)11-2-3-12-35-20/h4-10,13-15,28-29H,2-3,11-12H2,1H3,(H,31,32,34). The number of rotatable bonds is 3. The third-order valence-corrected chi connectivity index (χ3v) is 5.50. The minimum Gasteiger partial charge on any atom is -0.493 e. The van der Waals surface area contributed by atoms with E-state index < -0.39 is 11.8 Å². The van der Waals surface area contributed by atoms with Crippen LogP contribution in [-0.4, -0.2) is 46.1 Å². The maximum atomic E-state index is 13.5. The Labute approximate surface area is 201 Å². The van der Waals surface area contributed by atoms with Gasteiger partial charge in [-0.2, -0.15) is 8.78 Å². The highest BCUT2D eigenvalue weighted by atomic mass is 19.3. The number of nitrogens with zero attached hydrogens (tertiary/aromatic N) is 3. The first-order chi connectivity index (χ1) is 16.8. The van der Waals surface area contributed by atoms with Gasteiger partial charge in [-0.1, -0.05) is 18.2 Å². The number of nitrogens with one attached hydrogen (secondary N) is 3. The van der Waals surface area contributed by atoms with Crippen LogP contribution in [0.15, 0.2) is 54.7 Å². The molecule has 0 fully saturated rings. The van der Waals surface area contributed by atoms with Crippen molar-refractivity contribution in [3.05, 3.63) is 71.7 Å². The van der Waals surface area contributed by atoms with Crippen molar-refractivity contribution < 1.29 is 18.3 Å². The Morgan fingerprint density at radius 2 is 1.94 bits per heavy atom. The zero-order chi connectivity index (χ0) is 25.0. The number of hydrogen-bond donors (Lipinski definition) is 3. The number of alkyl halides is 2. The third-order valence-electron chi connectivity index (χ3n) is 5.50. The molecule has 3 aromatic rings. The largest absolute Gasteiger partial charge is 0.493 e. The lowest BCUT2D eigenvalue weighted by molar-refractivity contribution is 0.0128. The molecule has 2 aromatic heterocycles. The molecule has 1 aliphatic rings. The number of fused-ring (bicyclic) bond motifs is 3. The summed E-state index contributed by atoms with van der Waals surface area (Å²) >= 11 is 0. The summed E-state index contributed by atoms with van der Waals surface area (Å²) in [6.45, 7) is 1.58. The lowest BCUT2D eigenvalue weighted by atomic mass is 10.0. The molecule has 1 aromatic carbocycles. The molecule has 0 saturated heterocycles. The quantitative estimate of drug-likeness (QED) is 0.365. The summed E-state index contributed by atoms with van der Waals surface area (Å²) in [4.78, 5) is 22.9. The third kappa shape index (κ3) is 5.48. The highest BCUT2D eigenvalue weighted by Crippen LogP contribution is 2.30. The molecule has 35 heavy (non-hydrogen) atoms. The molecule has 0 spiro atoms. The highest BCUT2D eigenvalue weighted by molar-refractivity contribution is 6.07. The number of anilines is 1. The van der Waals surface area contributed by atoms with Crippen LogP contribution < -0.4 is 10.1 Å². The van der Waals surface area contributed by atoms with Gasteiger partial charge in [-0.3, -0.25) is 20.6 Å². The zero-order valence-electron chi connectivity index (χ0n) is 19.0. The average molecular weight is 479 g/mol. The maximum absolute atomic E-state index is 13.5. The summed E-state index contributed by atoms with van der Waals surface area (Å²) in [5.74, 6) is -2.83. The lowest BCUT2D eigenvalue weighted by Gasteiger charge is -2.20. The molecule has 0 saturated carbocycles. The minimum atomic E-state index is -3.04. The Balaban J connectivity index is 1.69. The first kappa shape index (κ1) is 23.9. The first-order valence-electron chi connectivity index (χ1n) is 11.0. The van der Waals surface area contributed by atoms with Crippen LogP contribution in [-0.2, 0) is 5.92 Å². The summed E-state index contributed by atoms with van der Waals surface area (Å²) in [5, 5.41) is 18.7. The van der Waals surface area contributed by atoms with Crippen LogP contribution in [0.3, 0.4) is 0 Å². The van der Waals surface area contributed by atoms with Crippen molar-refractivity contribution in [1.29, 1.82) is 10.8 Å². The van der Waals surface area contributed by atoms with E-state index in [-0.39, 0.29) is 22.9 Å². The molecule has 1 amide bonds. The van der Waals surface area contributed by atoms with E-state index in [1.54, 1.807) is 36.4 Å². The number of aromatic nitrogens is 2. The Morgan fingerprint density at radius 1 is 1.14 bits per heavy atom. The fourth-order valence-corrected chi connectivity index (χ4v) is 3.61. The molecule has 4 rings (SSSR count). The number of halogens is 2. The molecule has 0 aliphatic carbocycles. The number of amidine groups is 1. The van der Waals surface area contributed by atoms with Crippen LogP contribution in [0.4, 0.5) is 14.6 Å². The molecule has 0 atom stereocenters. The number of ether oxygens (including phenoxy) is 1. The van der Waals surface area contributed by atoms with Gasteiger partial charge in [0.05, 0.1) is 18.5 Å². The summed E-state index contributed by atoms with van der Waals surface area (Å²) < 4.78 is 32.9. The summed E-state index contributed by atoms with van der Waals surface area (Å²) in [6.07, 6.45) is 3.74. The second kappa shape index (κ2) is 9.96. The van der Waals surface area contributed by atoms with E-state index >= 15 is 0 Å². The van der Waals surface area contributed by atoms with Crippen molar-refractivity contribution in [3.8, 4) is 16.9 Å². The van der Waals surface area contributed by atoms with Crippen molar-refractivity contribution in [2.75, 3.05) is 18.5 Å². The smallest absolute Gasteiger partial charge is 0.286 e. The Kier molecular flexibility index (Phi) is 6.81. The first-order valence-corrected chi connectivity index (χ1v) is 11.0. The van der Waals surface area contributed by atoms with Gasteiger partial charge in [0, 0.05) is 25.2 Å². The average Bonchev–Trinajstić information content (AvgIpc) is 2.85. The van der Waals surface area contributed by atoms with Gasteiger partial charge < -0.3 is 15.0 Å². The van der Waals surface area contributed by atoms with Gasteiger partial charge in [-0.25, -0.2) is 4.98 Å². The normalized spacial score (nSPS) is 14.9. The molecular weight excluding hydrogens is 454 g/mol. The maximum Gasteiger partial charge on any atom is 0.286 e. The van der Waals surface area contributed by atoms with Crippen molar-refractivity contribution >= 4 is 23.9 Å². The molecule has 8 nitrogen and oxygen atoms in total. The molecule has 10 heteroatoms. The Hall–Kier alpha value is -4.21. The van der Waals surface area contributed by atoms with Gasteiger partial charge in [-0.05, 0) is 48.7 Å². The molecule has 0 radical (unpaired) electrons. The summed E-state index contributed by atoms with van der Waals surface area (Å²) in [6, 6.07) is 12.8. The van der Waals surface area contributed by atoms with Crippen LogP contribution in [0, 0.1) is 10.8 Å². The van der Waals surface area contributed by atoms with Gasteiger partial charge in [0.2, 0.25) is 0 Å². The second-order valence-electron chi connectivity index (χ2n) is 8.12. The molecular formula is C25H24F2N6O2. The Morgan fingerprint density at radius 3 is 2.66 bits per heavy atom. The summed E-state index contributed by atoms with van der Waals surface area (Å²) in [5.41, 5.74) is 1.44. The number of benzene rings is 1. The molecule has 1 aliphatic heterocycles. The molecule has 3 heterocycles. The van der Waals surface area contributed by atoms with E-state index in [1.807, 2.05) is 0 Å². The van der Waals surface area contributed by atoms with Crippen LogP contribution >= 0.6 is 0 Å². The monoisotopic (exact) mass is 478 g/mol. The van der Waals surface area contributed by atoms with E-state index in [0.29, 0.717) is 48.6 Å². The fraction of sp³-hybridized carbons (Fsp3) is 0.240. The van der Waals surface area contributed by atoms with Crippen LogP contribution in [0.2, 0.25) is 0 Å². The van der Waals surface area contributed by atoms with E-state index in [0.717, 1.165) is 13.3 Å². The van der Waals surface area contributed by atoms with Gasteiger partial charge in [-0.15, -0.1) is 0 Å². The number of carbonyl (C=O) groups excluding carboxylic acids is 1. The van der Waals surface area contributed by atoms with Crippen LogP contribution in [0.25, 0.3) is 11.1 Å². The molecule has 2 bridgehead atoms.